The molecule has 0 saturated heterocycles. The monoisotopic (exact) mass is 285 g/mol. The predicted molar refractivity (Wildman–Crippen MR) is 72.6 cm³/mol. The molecular weight excluding hydrogens is 266 g/mol. The number of aryl methyl sites for hydroxylation is 2. The topological polar surface area (TPSA) is 83.5 Å². The lowest BCUT2D eigenvalue weighted by Gasteiger charge is -2.15. The molecule has 19 heavy (non-hydrogen) atoms. The van der Waals surface area contributed by atoms with Gasteiger partial charge in [0.15, 0.2) is 0 Å². The van der Waals surface area contributed by atoms with E-state index in [1.54, 1.807) is 26.0 Å². The molecule has 0 spiro atoms. The predicted octanol–water partition coefficient (Wildman–Crippen LogP) is 1.84. The number of carboxylic acid groups (broad SMARTS) is 1. The van der Waals surface area contributed by atoms with Crippen LogP contribution in [0.1, 0.15) is 30.9 Å². The van der Waals surface area contributed by atoms with E-state index in [0.717, 1.165) is 5.56 Å². The lowest BCUT2D eigenvalue weighted by molar-refractivity contribution is -0.139. The maximum absolute atomic E-state index is 12.2. The first kappa shape index (κ1) is 15.7. The van der Waals surface area contributed by atoms with Gasteiger partial charge in [0.25, 0.3) is 0 Å². The van der Waals surface area contributed by atoms with Crippen LogP contribution in [0.2, 0.25) is 0 Å². The Kier molecular flexibility index (Phi) is 5.08. The number of nitrogens with one attached hydrogen (secondary N) is 1. The Morgan fingerprint density at radius 2 is 2.00 bits per heavy atom. The number of rotatable bonds is 6. The number of sulfonamides is 1. The summed E-state index contributed by atoms with van der Waals surface area (Å²) in [5, 5.41) is 9.01. The number of hydrogen-bond donors (Lipinski definition) is 2. The van der Waals surface area contributed by atoms with Gasteiger partial charge in [0.2, 0.25) is 10.0 Å². The summed E-state index contributed by atoms with van der Waals surface area (Å²) in [6.07, 6.45) is 0.853. The van der Waals surface area contributed by atoms with Crippen molar-refractivity contribution in [2.24, 2.45) is 0 Å². The minimum Gasteiger partial charge on any atom is -0.480 e. The lowest BCUT2D eigenvalue weighted by atomic mass is 10.2. The standard InChI is InChI=1S/C13H19NO4S/c1-4-5-11(13(15)16)14-19(17,18)12-8-9(2)6-7-10(12)3/h6-8,11,14H,4-5H2,1-3H3,(H,15,16)/t11-/m0/s1. The molecule has 0 fully saturated rings. The Bertz CT molecular complexity index is 566. The average Bonchev–Trinajstić information content (AvgIpc) is 2.31. The number of carboxylic acids is 1. The van der Waals surface area contributed by atoms with Crippen molar-refractivity contribution in [2.75, 3.05) is 0 Å². The zero-order chi connectivity index (χ0) is 14.6. The second-order valence-corrected chi connectivity index (χ2v) is 6.25. The van der Waals surface area contributed by atoms with E-state index in [2.05, 4.69) is 4.72 Å². The van der Waals surface area contributed by atoms with Gasteiger partial charge in [-0.15, -0.1) is 0 Å². The molecule has 0 aliphatic carbocycles. The van der Waals surface area contributed by atoms with Gasteiger partial charge in [-0.3, -0.25) is 4.79 Å². The first-order valence-corrected chi connectivity index (χ1v) is 7.58. The molecule has 0 bridgehead atoms. The van der Waals surface area contributed by atoms with Crippen molar-refractivity contribution in [1.82, 2.24) is 4.72 Å². The summed E-state index contributed by atoms with van der Waals surface area (Å²) in [5.41, 5.74) is 1.41. The maximum atomic E-state index is 12.2. The summed E-state index contributed by atoms with van der Waals surface area (Å²) in [6, 6.07) is 3.98. The highest BCUT2D eigenvalue weighted by Crippen LogP contribution is 2.17. The van der Waals surface area contributed by atoms with E-state index in [4.69, 9.17) is 5.11 Å². The minimum absolute atomic E-state index is 0.134. The summed E-state index contributed by atoms with van der Waals surface area (Å²) in [5.74, 6) is -1.16. The fourth-order valence-electron chi connectivity index (χ4n) is 1.77. The van der Waals surface area contributed by atoms with Crippen LogP contribution in [0.5, 0.6) is 0 Å². The fourth-order valence-corrected chi connectivity index (χ4v) is 3.32. The van der Waals surface area contributed by atoms with Gasteiger partial charge in [0.1, 0.15) is 6.04 Å². The SMILES string of the molecule is CCC[C@H](NS(=O)(=O)c1cc(C)ccc1C)C(=O)O. The number of aliphatic carboxylic acids is 1. The van der Waals surface area contributed by atoms with Crippen LogP contribution in [0, 0.1) is 13.8 Å². The van der Waals surface area contributed by atoms with Crippen LogP contribution >= 0.6 is 0 Å². The van der Waals surface area contributed by atoms with E-state index in [1.165, 1.54) is 0 Å². The molecule has 0 heterocycles. The normalized spacial score (nSPS) is 13.2. The summed E-state index contributed by atoms with van der Waals surface area (Å²) < 4.78 is 26.7. The average molecular weight is 285 g/mol. The van der Waals surface area contributed by atoms with Gasteiger partial charge in [0.05, 0.1) is 4.90 Å². The molecule has 5 nitrogen and oxygen atoms in total. The molecule has 1 aromatic carbocycles. The zero-order valence-electron chi connectivity index (χ0n) is 11.3. The lowest BCUT2D eigenvalue weighted by Crippen LogP contribution is -2.40. The Balaban J connectivity index is 3.10. The maximum Gasteiger partial charge on any atom is 0.321 e. The molecule has 0 aromatic heterocycles. The summed E-state index contributed by atoms with van der Waals surface area (Å²) in [4.78, 5) is 11.2. The van der Waals surface area contributed by atoms with Crippen molar-refractivity contribution in [3.05, 3.63) is 29.3 Å². The highest BCUT2D eigenvalue weighted by atomic mass is 32.2. The minimum atomic E-state index is -3.81. The second kappa shape index (κ2) is 6.16. The van der Waals surface area contributed by atoms with Gasteiger partial charge in [-0.1, -0.05) is 25.5 Å². The molecule has 0 unspecified atom stereocenters. The van der Waals surface area contributed by atoms with Crippen molar-refractivity contribution in [2.45, 2.75) is 44.6 Å². The van der Waals surface area contributed by atoms with E-state index in [1.807, 2.05) is 13.0 Å². The molecule has 1 rings (SSSR count). The molecule has 0 saturated carbocycles. The Morgan fingerprint density at radius 3 is 2.53 bits per heavy atom. The van der Waals surface area contributed by atoms with Crippen molar-refractivity contribution in [1.29, 1.82) is 0 Å². The van der Waals surface area contributed by atoms with Gasteiger partial charge in [0, 0.05) is 0 Å². The molecular formula is C13H19NO4S. The smallest absolute Gasteiger partial charge is 0.321 e. The van der Waals surface area contributed by atoms with Crippen LogP contribution in [0.4, 0.5) is 0 Å². The van der Waals surface area contributed by atoms with Gasteiger partial charge in [-0.05, 0) is 37.5 Å². The Labute approximate surface area is 113 Å². The van der Waals surface area contributed by atoms with Crippen molar-refractivity contribution in [3.8, 4) is 0 Å². The van der Waals surface area contributed by atoms with E-state index in [9.17, 15) is 13.2 Å². The van der Waals surface area contributed by atoms with Gasteiger partial charge >= 0.3 is 5.97 Å². The second-order valence-electron chi connectivity index (χ2n) is 4.57. The third kappa shape index (κ3) is 4.04. The van der Waals surface area contributed by atoms with Gasteiger partial charge in [-0.25, -0.2) is 8.42 Å². The summed E-state index contributed by atoms with van der Waals surface area (Å²) >= 11 is 0. The first-order valence-electron chi connectivity index (χ1n) is 6.10. The summed E-state index contributed by atoms with van der Waals surface area (Å²) in [6.45, 7) is 5.28. The number of benzene rings is 1. The largest absolute Gasteiger partial charge is 0.480 e. The molecule has 6 heteroatoms. The van der Waals surface area contributed by atoms with Gasteiger partial charge < -0.3 is 5.11 Å². The van der Waals surface area contributed by atoms with Crippen LogP contribution in [-0.2, 0) is 14.8 Å². The van der Waals surface area contributed by atoms with E-state index in [-0.39, 0.29) is 11.3 Å². The number of carbonyl (C=O) groups is 1. The quantitative estimate of drug-likeness (QED) is 0.835. The van der Waals surface area contributed by atoms with Crippen molar-refractivity contribution >= 4 is 16.0 Å². The van der Waals surface area contributed by atoms with E-state index >= 15 is 0 Å². The molecule has 2 N–H and O–H groups in total. The van der Waals surface area contributed by atoms with Crippen molar-refractivity contribution < 1.29 is 18.3 Å². The highest BCUT2D eigenvalue weighted by molar-refractivity contribution is 7.89. The van der Waals surface area contributed by atoms with Crippen LogP contribution in [-0.4, -0.2) is 25.5 Å². The molecule has 0 aliphatic rings. The molecule has 106 valence electrons. The third-order valence-electron chi connectivity index (χ3n) is 2.81. The molecule has 0 radical (unpaired) electrons. The molecule has 1 atom stereocenters. The van der Waals surface area contributed by atoms with E-state index < -0.39 is 22.0 Å². The number of hydrogen-bond acceptors (Lipinski definition) is 3. The van der Waals surface area contributed by atoms with Gasteiger partial charge in [-0.2, -0.15) is 4.72 Å². The molecule has 0 aliphatic heterocycles. The Hall–Kier alpha value is -1.40. The van der Waals surface area contributed by atoms with Crippen LogP contribution in [0.25, 0.3) is 0 Å². The van der Waals surface area contributed by atoms with Crippen molar-refractivity contribution in [3.63, 3.8) is 0 Å². The zero-order valence-corrected chi connectivity index (χ0v) is 12.1. The molecule has 1 aromatic rings. The van der Waals surface area contributed by atoms with E-state index in [0.29, 0.717) is 12.0 Å². The summed E-state index contributed by atoms with van der Waals surface area (Å²) in [7, 11) is -3.81. The molecule has 0 amide bonds. The first-order chi connectivity index (χ1) is 8.77. The van der Waals surface area contributed by atoms with Crippen LogP contribution in [0.3, 0.4) is 0 Å². The van der Waals surface area contributed by atoms with Crippen LogP contribution in [0.15, 0.2) is 23.1 Å². The Morgan fingerprint density at radius 1 is 1.37 bits per heavy atom. The highest BCUT2D eigenvalue weighted by Gasteiger charge is 2.25. The van der Waals surface area contributed by atoms with Crippen LogP contribution < -0.4 is 4.72 Å². The third-order valence-corrected chi connectivity index (χ3v) is 4.42. The fraction of sp³-hybridized carbons (Fsp3) is 0.462.